The van der Waals surface area contributed by atoms with Gasteiger partial charge >= 0.3 is 6.18 Å². The summed E-state index contributed by atoms with van der Waals surface area (Å²) in [6.07, 6.45) is -3.98. The number of piperidine rings is 1. The van der Waals surface area contributed by atoms with E-state index < -0.39 is 23.2 Å². The molecule has 0 unspecified atom stereocenters. The van der Waals surface area contributed by atoms with Crippen LogP contribution in [0, 0.1) is 0 Å². The molecule has 5 rings (SSSR count). The van der Waals surface area contributed by atoms with Gasteiger partial charge in [-0.25, -0.2) is 0 Å². The van der Waals surface area contributed by atoms with Crippen molar-refractivity contribution in [1.29, 1.82) is 0 Å². The minimum absolute atomic E-state index is 0.0415. The zero-order valence-corrected chi connectivity index (χ0v) is 21.7. The van der Waals surface area contributed by atoms with Gasteiger partial charge in [0.2, 0.25) is 5.91 Å². The second kappa shape index (κ2) is 11.0. The SMILES string of the molecule is O=C(CN1CN(c2ccccc2)C2(CCN(C(=O)c3cccc(C(F)(F)F)c3)CC2)C1=O)NCc1ccccc1. The molecule has 2 aliphatic rings. The van der Waals surface area contributed by atoms with Gasteiger partial charge in [0.15, 0.2) is 0 Å². The lowest BCUT2D eigenvalue weighted by Gasteiger charge is -2.43. The lowest BCUT2D eigenvalue weighted by Crippen LogP contribution is -2.57. The maximum absolute atomic E-state index is 13.9. The van der Waals surface area contributed by atoms with Gasteiger partial charge in [-0.15, -0.1) is 0 Å². The standard InChI is InChI=1S/C30H29F3N4O3/c31-30(32,33)24-11-7-10-23(18-24)27(39)35-16-14-29(15-17-35)28(40)36(21-37(29)25-12-5-2-6-13-25)20-26(38)34-19-22-8-3-1-4-9-22/h1-13,18H,14-17,19-21H2,(H,34,38). The average Bonchev–Trinajstić information content (AvgIpc) is 3.23. The van der Waals surface area contributed by atoms with Crippen LogP contribution in [0.1, 0.15) is 34.3 Å². The molecule has 0 bridgehead atoms. The molecule has 3 aromatic carbocycles. The van der Waals surface area contributed by atoms with Crippen molar-refractivity contribution in [2.75, 3.05) is 31.2 Å². The quantitative estimate of drug-likeness (QED) is 0.497. The summed E-state index contributed by atoms with van der Waals surface area (Å²) in [6.45, 7) is 0.838. The maximum atomic E-state index is 13.9. The highest BCUT2D eigenvalue weighted by atomic mass is 19.4. The third-order valence-corrected chi connectivity index (χ3v) is 7.56. The average molecular weight is 551 g/mol. The lowest BCUT2D eigenvalue weighted by atomic mass is 9.85. The largest absolute Gasteiger partial charge is 0.416 e. The van der Waals surface area contributed by atoms with Crippen molar-refractivity contribution < 1.29 is 27.6 Å². The highest BCUT2D eigenvalue weighted by Gasteiger charge is 2.54. The smallest absolute Gasteiger partial charge is 0.350 e. The highest BCUT2D eigenvalue weighted by molar-refractivity contribution is 5.97. The van der Waals surface area contributed by atoms with Gasteiger partial charge < -0.3 is 20.0 Å². The van der Waals surface area contributed by atoms with Crippen molar-refractivity contribution in [1.82, 2.24) is 15.1 Å². The molecule has 2 fully saturated rings. The van der Waals surface area contributed by atoms with E-state index in [9.17, 15) is 27.6 Å². The molecule has 208 valence electrons. The molecule has 2 aliphatic heterocycles. The van der Waals surface area contributed by atoms with Crippen molar-refractivity contribution >= 4 is 23.4 Å². The first kappa shape index (κ1) is 27.2. The van der Waals surface area contributed by atoms with Crippen molar-refractivity contribution in [3.63, 3.8) is 0 Å². The number of alkyl halides is 3. The van der Waals surface area contributed by atoms with Gasteiger partial charge in [0, 0.05) is 30.9 Å². The van der Waals surface area contributed by atoms with Crippen LogP contribution >= 0.6 is 0 Å². The van der Waals surface area contributed by atoms with Gasteiger partial charge in [0.1, 0.15) is 12.1 Å². The van der Waals surface area contributed by atoms with Crippen LogP contribution in [0.4, 0.5) is 18.9 Å². The van der Waals surface area contributed by atoms with Crippen LogP contribution in [0.25, 0.3) is 0 Å². The van der Waals surface area contributed by atoms with E-state index in [-0.39, 0.29) is 56.5 Å². The van der Waals surface area contributed by atoms with E-state index in [0.29, 0.717) is 6.54 Å². The molecule has 0 atom stereocenters. The Hall–Kier alpha value is -4.34. The molecule has 0 aromatic heterocycles. The van der Waals surface area contributed by atoms with Gasteiger partial charge in [0.05, 0.1) is 12.2 Å². The Morgan fingerprint density at radius 3 is 2.17 bits per heavy atom. The number of hydrogen-bond donors (Lipinski definition) is 1. The van der Waals surface area contributed by atoms with E-state index in [1.807, 2.05) is 65.6 Å². The number of nitrogens with zero attached hydrogens (tertiary/aromatic N) is 3. The lowest BCUT2D eigenvalue weighted by molar-refractivity contribution is -0.137. The first-order chi connectivity index (χ1) is 19.2. The summed E-state index contributed by atoms with van der Waals surface area (Å²) in [5.41, 5.74) is -0.120. The number of amides is 3. The Kier molecular flexibility index (Phi) is 7.51. The third-order valence-electron chi connectivity index (χ3n) is 7.56. The number of anilines is 1. The van der Waals surface area contributed by atoms with Crippen molar-refractivity contribution in [2.45, 2.75) is 31.1 Å². The molecule has 2 saturated heterocycles. The number of carbonyl (C=O) groups is 3. The maximum Gasteiger partial charge on any atom is 0.416 e. The van der Waals surface area contributed by atoms with Crippen molar-refractivity contribution in [3.05, 3.63) is 102 Å². The Morgan fingerprint density at radius 2 is 1.52 bits per heavy atom. The molecule has 10 heteroatoms. The summed E-state index contributed by atoms with van der Waals surface area (Å²) < 4.78 is 39.5. The van der Waals surface area contributed by atoms with Gasteiger partial charge in [-0.05, 0) is 48.7 Å². The number of likely N-dealkylation sites (tertiary alicyclic amines) is 1. The van der Waals surface area contributed by atoms with Crippen LogP contribution in [0.15, 0.2) is 84.9 Å². The Morgan fingerprint density at radius 1 is 0.875 bits per heavy atom. The summed E-state index contributed by atoms with van der Waals surface area (Å²) in [5.74, 6) is -0.980. The predicted octanol–water partition coefficient (Wildman–Crippen LogP) is 4.30. The fourth-order valence-electron chi connectivity index (χ4n) is 5.44. The van der Waals surface area contributed by atoms with E-state index >= 15 is 0 Å². The van der Waals surface area contributed by atoms with Gasteiger partial charge in [-0.2, -0.15) is 13.2 Å². The molecular weight excluding hydrogens is 521 g/mol. The van der Waals surface area contributed by atoms with E-state index in [1.54, 1.807) is 0 Å². The van der Waals surface area contributed by atoms with Gasteiger partial charge in [-0.1, -0.05) is 54.6 Å². The fourth-order valence-corrected chi connectivity index (χ4v) is 5.44. The molecule has 7 nitrogen and oxygen atoms in total. The van der Waals surface area contributed by atoms with Crippen LogP contribution in [-0.2, 0) is 22.3 Å². The molecule has 1 spiro atoms. The summed E-state index contributed by atoms with van der Waals surface area (Å²) in [4.78, 5) is 44.7. The zero-order chi connectivity index (χ0) is 28.3. The Bertz CT molecular complexity index is 1370. The second-order valence-electron chi connectivity index (χ2n) is 10.1. The molecule has 2 heterocycles. The molecule has 3 amide bonds. The van der Waals surface area contributed by atoms with Crippen molar-refractivity contribution in [3.8, 4) is 0 Å². The van der Waals surface area contributed by atoms with E-state index in [0.717, 1.165) is 23.4 Å². The molecule has 1 N–H and O–H groups in total. The normalized spacial score (nSPS) is 16.9. The molecule has 0 aliphatic carbocycles. The highest BCUT2D eigenvalue weighted by Crippen LogP contribution is 2.40. The zero-order valence-electron chi connectivity index (χ0n) is 21.7. The number of rotatable bonds is 6. The minimum Gasteiger partial charge on any atom is -0.350 e. The number of hydrogen-bond acceptors (Lipinski definition) is 4. The first-order valence-electron chi connectivity index (χ1n) is 13.1. The Balaban J connectivity index is 1.31. The molecule has 0 radical (unpaired) electrons. The predicted molar refractivity (Wildman–Crippen MR) is 143 cm³/mol. The fraction of sp³-hybridized carbons (Fsp3) is 0.300. The van der Waals surface area contributed by atoms with E-state index in [4.69, 9.17) is 0 Å². The number of benzene rings is 3. The second-order valence-corrected chi connectivity index (χ2v) is 10.1. The number of para-hydroxylation sites is 1. The number of carbonyl (C=O) groups excluding carboxylic acids is 3. The van der Waals surface area contributed by atoms with Crippen LogP contribution in [0.5, 0.6) is 0 Å². The first-order valence-corrected chi connectivity index (χ1v) is 13.1. The molecule has 40 heavy (non-hydrogen) atoms. The van der Waals surface area contributed by atoms with Crippen LogP contribution in [0.3, 0.4) is 0 Å². The minimum atomic E-state index is -4.55. The third kappa shape index (κ3) is 5.52. The van der Waals surface area contributed by atoms with E-state index in [2.05, 4.69) is 5.32 Å². The topological polar surface area (TPSA) is 73.0 Å². The van der Waals surface area contributed by atoms with Gasteiger partial charge in [0.25, 0.3) is 11.8 Å². The monoisotopic (exact) mass is 550 g/mol. The molecular formula is C30H29F3N4O3. The van der Waals surface area contributed by atoms with Crippen LogP contribution in [-0.4, -0.2) is 59.4 Å². The number of nitrogens with one attached hydrogen (secondary N) is 1. The van der Waals surface area contributed by atoms with Crippen LogP contribution < -0.4 is 10.2 Å². The van der Waals surface area contributed by atoms with Crippen LogP contribution in [0.2, 0.25) is 0 Å². The van der Waals surface area contributed by atoms with Crippen molar-refractivity contribution in [2.24, 2.45) is 0 Å². The summed E-state index contributed by atoms with van der Waals surface area (Å²) >= 11 is 0. The summed E-state index contributed by atoms with van der Waals surface area (Å²) in [5, 5.41) is 2.86. The number of halogens is 3. The molecule has 3 aromatic rings. The van der Waals surface area contributed by atoms with E-state index in [1.165, 1.54) is 21.9 Å². The Labute approximate surface area is 230 Å². The summed E-state index contributed by atoms with van der Waals surface area (Å²) in [7, 11) is 0. The van der Waals surface area contributed by atoms with Gasteiger partial charge in [-0.3, -0.25) is 14.4 Å². The molecule has 0 saturated carbocycles. The summed E-state index contributed by atoms with van der Waals surface area (Å²) in [6, 6.07) is 23.3.